The average molecular weight is 396 g/mol. The van der Waals surface area contributed by atoms with Crippen LogP contribution in [0.3, 0.4) is 0 Å². The van der Waals surface area contributed by atoms with Crippen molar-refractivity contribution in [1.29, 1.82) is 0 Å². The number of nitrogen functional groups attached to an aromatic ring is 1. The lowest BCUT2D eigenvalue weighted by molar-refractivity contribution is 0.465. The molecule has 1 aromatic carbocycles. The van der Waals surface area contributed by atoms with E-state index in [9.17, 15) is 0 Å². The smallest absolute Gasteiger partial charge is 0.277 e. The number of anilines is 1. The molecule has 0 saturated carbocycles. The van der Waals surface area contributed by atoms with Gasteiger partial charge in [0.25, 0.3) is 5.22 Å². The second-order valence-corrected chi connectivity index (χ2v) is 8.45. The number of nitrogens with two attached hydrogens (primary N) is 1. The third-order valence-corrected chi connectivity index (χ3v) is 6.64. The minimum absolute atomic E-state index is 0.501. The van der Waals surface area contributed by atoms with Gasteiger partial charge in [0.15, 0.2) is 0 Å². The highest BCUT2D eigenvalue weighted by Gasteiger charge is 2.20. The molecule has 0 saturated heterocycles. The van der Waals surface area contributed by atoms with Crippen molar-refractivity contribution in [2.75, 3.05) is 5.73 Å². The molecule has 2 N–H and O–H groups in total. The summed E-state index contributed by atoms with van der Waals surface area (Å²) in [7, 11) is 0. The van der Waals surface area contributed by atoms with Gasteiger partial charge in [0, 0.05) is 10.4 Å². The van der Waals surface area contributed by atoms with Crippen LogP contribution in [0.4, 0.5) is 5.82 Å². The maximum atomic E-state index is 6.27. The van der Waals surface area contributed by atoms with Crippen molar-refractivity contribution in [2.45, 2.75) is 36.7 Å². The lowest BCUT2D eigenvalue weighted by Crippen LogP contribution is -2.02. The van der Waals surface area contributed by atoms with Gasteiger partial charge in [-0.3, -0.25) is 0 Å². The minimum Gasteiger partial charge on any atom is -0.411 e. The summed E-state index contributed by atoms with van der Waals surface area (Å²) in [6, 6.07) is 9.73. The van der Waals surface area contributed by atoms with Gasteiger partial charge in [-0.05, 0) is 43.4 Å². The predicted molar refractivity (Wildman–Crippen MR) is 108 cm³/mol. The van der Waals surface area contributed by atoms with Gasteiger partial charge in [0.1, 0.15) is 16.5 Å². The number of aromatic nitrogens is 4. The Morgan fingerprint density at radius 3 is 2.81 bits per heavy atom. The molecule has 27 heavy (non-hydrogen) atoms. The van der Waals surface area contributed by atoms with E-state index < -0.39 is 0 Å². The molecule has 0 spiro atoms. The Hall–Kier alpha value is -2.45. The molecule has 0 aliphatic heterocycles. The Balaban J connectivity index is 1.37. The van der Waals surface area contributed by atoms with E-state index >= 15 is 0 Å². The van der Waals surface area contributed by atoms with Crippen LogP contribution in [-0.4, -0.2) is 20.2 Å². The molecule has 8 heteroatoms. The summed E-state index contributed by atoms with van der Waals surface area (Å²) in [5.74, 6) is 2.34. The summed E-state index contributed by atoms with van der Waals surface area (Å²) in [6.45, 7) is 0. The van der Waals surface area contributed by atoms with Gasteiger partial charge in [-0.25, -0.2) is 9.97 Å². The first-order valence-corrected chi connectivity index (χ1v) is 10.7. The number of rotatable bonds is 4. The molecule has 0 radical (unpaired) electrons. The van der Waals surface area contributed by atoms with Crippen molar-refractivity contribution in [3.05, 3.63) is 46.6 Å². The van der Waals surface area contributed by atoms with Gasteiger partial charge < -0.3 is 10.2 Å². The van der Waals surface area contributed by atoms with E-state index in [1.165, 1.54) is 35.0 Å². The summed E-state index contributed by atoms with van der Waals surface area (Å²) in [5, 5.41) is 9.78. The van der Waals surface area contributed by atoms with E-state index in [4.69, 9.17) is 15.1 Å². The van der Waals surface area contributed by atoms with Crippen molar-refractivity contribution in [2.24, 2.45) is 0 Å². The number of thiophene rings is 1. The van der Waals surface area contributed by atoms with E-state index in [2.05, 4.69) is 15.2 Å². The Morgan fingerprint density at radius 1 is 1.07 bits per heavy atom. The lowest BCUT2D eigenvalue weighted by atomic mass is 9.97. The SMILES string of the molecule is Nc1nc(CSc2nnc(-c3ccccc3)o2)nc2sc3c(c12)CCCC3. The zero-order valence-electron chi connectivity index (χ0n) is 14.5. The Kier molecular flexibility index (Phi) is 4.29. The summed E-state index contributed by atoms with van der Waals surface area (Å²) in [4.78, 5) is 11.7. The zero-order valence-corrected chi connectivity index (χ0v) is 16.1. The standard InChI is InChI=1S/C19H17N5OS2/c20-16-15-12-8-4-5-9-13(12)27-18(15)22-14(21-16)10-26-19-24-23-17(25-19)11-6-2-1-3-7-11/h1-3,6-7H,4-5,8-10H2,(H2,20,21,22). The molecule has 1 aliphatic carbocycles. The van der Waals surface area contributed by atoms with Gasteiger partial charge in [-0.15, -0.1) is 21.5 Å². The van der Waals surface area contributed by atoms with Crippen LogP contribution in [0.15, 0.2) is 40.0 Å². The Bertz CT molecular complexity index is 1110. The summed E-state index contributed by atoms with van der Waals surface area (Å²) < 4.78 is 5.73. The number of hydrogen-bond donors (Lipinski definition) is 1. The van der Waals surface area contributed by atoms with Gasteiger partial charge in [0.05, 0.1) is 11.1 Å². The predicted octanol–water partition coefficient (Wildman–Crippen LogP) is 4.49. The number of nitrogens with zero attached hydrogens (tertiary/aromatic N) is 4. The first kappa shape index (κ1) is 16.7. The van der Waals surface area contributed by atoms with Crippen LogP contribution < -0.4 is 5.73 Å². The monoisotopic (exact) mass is 395 g/mol. The Morgan fingerprint density at radius 2 is 1.93 bits per heavy atom. The second kappa shape index (κ2) is 6.94. The van der Waals surface area contributed by atoms with Gasteiger partial charge in [-0.1, -0.05) is 30.0 Å². The molecule has 3 aromatic heterocycles. The van der Waals surface area contributed by atoms with Crippen molar-refractivity contribution >= 4 is 39.1 Å². The zero-order chi connectivity index (χ0) is 18.2. The van der Waals surface area contributed by atoms with E-state index in [1.54, 1.807) is 11.3 Å². The lowest BCUT2D eigenvalue weighted by Gasteiger charge is -2.10. The number of fused-ring (bicyclic) bond motifs is 3. The molecule has 3 heterocycles. The van der Waals surface area contributed by atoms with Crippen LogP contribution in [0.2, 0.25) is 0 Å². The number of benzene rings is 1. The maximum Gasteiger partial charge on any atom is 0.277 e. The topological polar surface area (TPSA) is 90.7 Å². The number of thioether (sulfide) groups is 1. The van der Waals surface area contributed by atoms with Gasteiger partial charge >= 0.3 is 0 Å². The van der Waals surface area contributed by atoms with E-state index in [0.29, 0.717) is 28.5 Å². The van der Waals surface area contributed by atoms with Crippen molar-refractivity contribution in [1.82, 2.24) is 20.2 Å². The Labute approximate surface area is 164 Å². The second-order valence-electron chi connectivity index (χ2n) is 6.44. The molecule has 0 atom stereocenters. The number of hydrogen-bond acceptors (Lipinski definition) is 8. The summed E-state index contributed by atoms with van der Waals surface area (Å²) in [6.07, 6.45) is 4.68. The van der Waals surface area contributed by atoms with Crippen LogP contribution >= 0.6 is 23.1 Å². The van der Waals surface area contributed by atoms with Crippen molar-refractivity contribution in [3.63, 3.8) is 0 Å². The van der Waals surface area contributed by atoms with Gasteiger partial charge in [-0.2, -0.15) is 0 Å². The van der Waals surface area contributed by atoms with Crippen LogP contribution in [-0.2, 0) is 18.6 Å². The van der Waals surface area contributed by atoms with Gasteiger partial charge in [0.2, 0.25) is 5.89 Å². The van der Waals surface area contributed by atoms with Crippen molar-refractivity contribution < 1.29 is 4.42 Å². The van der Waals surface area contributed by atoms with Crippen LogP contribution in [0, 0.1) is 0 Å². The number of aryl methyl sites for hydroxylation is 2. The fraction of sp³-hybridized carbons (Fsp3) is 0.263. The molecular weight excluding hydrogens is 378 g/mol. The fourth-order valence-electron chi connectivity index (χ4n) is 3.39. The summed E-state index contributed by atoms with van der Waals surface area (Å²) >= 11 is 3.18. The molecule has 0 unspecified atom stereocenters. The van der Waals surface area contributed by atoms with Crippen molar-refractivity contribution in [3.8, 4) is 11.5 Å². The molecule has 1 aliphatic rings. The third-order valence-electron chi connectivity index (χ3n) is 4.64. The molecule has 5 rings (SSSR count). The molecule has 0 amide bonds. The summed E-state index contributed by atoms with van der Waals surface area (Å²) in [5.41, 5.74) is 8.54. The molecule has 0 fully saturated rings. The highest BCUT2D eigenvalue weighted by Crippen LogP contribution is 2.38. The fourth-order valence-corrected chi connectivity index (χ4v) is 5.29. The molecule has 0 bridgehead atoms. The van der Waals surface area contributed by atoms with Crippen LogP contribution in [0.25, 0.3) is 21.7 Å². The van der Waals surface area contributed by atoms with E-state index in [1.807, 2.05) is 30.3 Å². The van der Waals surface area contributed by atoms with E-state index in [-0.39, 0.29) is 0 Å². The maximum absolute atomic E-state index is 6.27. The first-order valence-electron chi connectivity index (χ1n) is 8.86. The van der Waals surface area contributed by atoms with E-state index in [0.717, 1.165) is 28.6 Å². The minimum atomic E-state index is 0.501. The molecular formula is C19H17N5OS2. The van der Waals surface area contributed by atoms with Crippen LogP contribution in [0.5, 0.6) is 0 Å². The molecule has 6 nitrogen and oxygen atoms in total. The average Bonchev–Trinajstić information content (AvgIpc) is 3.31. The highest BCUT2D eigenvalue weighted by molar-refractivity contribution is 7.98. The first-order chi connectivity index (χ1) is 13.3. The molecule has 136 valence electrons. The quantitative estimate of drug-likeness (QED) is 0.509. The largest absolute Gasteiger partial charge is 0.411 e. The highest BCUT2D eigenvalue weighted by atomic mass is 32.2. The molecule has 4 aromatic rings. The normalized spacial score (nSPS) is 13.8. The third kappa shape index (κ3) is 3.19. The van der Waals surface area contributed by atoms with Crippen LogP contribution in [0.1, 0.15) is 29.1 Å².